The van der Waals surface area contributed by atoms with E-state index < -0.39 is 5.91 Å². The maximum absolute atomic E-state index is 13.1. The maximum Gasteiger partial charge on any atom is 0.293 e. The number of methoxy groups -OCH3 is 1. The lowest BCUT2D eigenvalue weighted by atomic mass is 10.0. The van der Waals surface area contributed by atoms with Crippen molar-refractivity contribution in [2.45, 2.75) is 45.4 Å². The van der Waals surface area contributed by atoms with Gasteiger partial charge in [0.15, 0.2) is 17.2 Å². The molecule has 1 fully saturated rings. The van der Waals surface area contributed by atoms with Crippen LogP contribution < -0.4 is 20.6 Å². The number of carbonyl (C=O) groups is 1. The summed E-state index contributed by atoms with van der Waals surface area (Å²) in [7, 11) is 1.57. The summed E-state index contributed by atoms with van der Waals surface area (Å²) >= 11 is 0. The predicted molar refractivity (Wildman–Crippen MR) is 146 cm³/mol. The normalized spacial score (nSPS) is 15.8. The number of ether oxygens (including phenoxy) is 2. The zero-order chi connectivity index (χ0) is 27.9. The highest BCUT2D eigenvalue weighted by atomic mass is 16.6. The van der Waals surface area contributed by atoms with Crippen LogP contribution in [-0.2, 0) is 13.2 Å². The summed E-state index contributed by atoms with van der Waals surface area (Å²) in [4.78, 5) is 15.4. The van der Waals surface area contributed by atoms with E-state index in [0.717, 1.165) is 24.9 Å². The van der Waals surface area contributed by atoms with E-state index in [-0.39, 0.29) is 17.3 Å². The van der Waals surface area contributed by atoms with Crippen molar-refractivity contribution >= 4 is 17.9 Å². The number of hydrogen-bond acceptors (Lipinski definition) is 11. The first-order valence-electron chi connectivity index (χ1n) is 13.0. The molecule has 5 rings (SSSR count). The third-order valence-corrected chi connectivity index (χ3v) is 6.77. The topological polar surface area (TPSA) is 159 Å². The van der Waals surface area contributed by atoms with Crippen LogP contribution in [0.25, 0.3) is 5.82 Å². The average molecular weight is 546 g/mol. The second-order valence-corrected chi connectivity index (χ2v) is 9.47. The number of piperidine rings is 1. The number of hydrazone groups is 1. The number of carbonyl (C=O) groups excluding carboxylic acids is 1. The van der Waals surface area contributed by atoms with Gasteiger partial charge in [0.25, 0.3) is 5.91 Å². The lowest BCUT2D eigenvalue weighted by Crippen LogP contribution is -2.38. The van der Waals surface area contributed by atoms with Crippen molar-refractivity contribution in [1.82, 2.24) is 35.6 Å². The van der Waals surface area contributed by atoms with Crippen LogP contribution in [-0.4, -0.2) is 62.0 Å². The molecule has 13 heteroatoms. The molecule has 0 bridgehead atoms. The number of anilines is 1. The Bertz CT molecular complexity index is 1470. The quantitative estimate of drug-likeness (QED) is 0.224. The lowest BCUT2D eigenvalue weighted by molar-refractivity contribution is 0.0945. The average Bonchev–Trinajstić information content (AvgIpc) is 3.59. The Hall–Kier alpha value is -4.78. The zero-order valence-electron chi connectivity index (χ0n) is 22.4. The van der Waals surface area contributed by atoms with E-state index in [2.05, 4.69) is 43.0 Å². The second-order valence-electron chi connectivity index (χ2n) is 9.47. The number of rotatable bonds is 10. The summed E-state index contributed by atoms with van der Waals surface area (Å²) in [5.74, 6) is 0.851. The number of nitrogens with zero attached hydrogens (tertiary/aromatic N) is 7. The van der Waals surface area contributed by atoms with Crippen molar-refractivity contribution in [2.24, 2.45) is 5.10 Å². The van der Waals surface area contributed by atoms with Crippen LogP contribution in [0, 0.1) is 0 Å². The molecule has 0 radical (unpaired) electrons. The fourth-order valence-corrected chi connectivity index (χ4v) is 4.55. The summed E-state index contributed by atoms with van der Waals surface area (Å²) in [6.45, 7) is 3.89. The Morgan fingerprint density at radius 2 is 2.05 bits per heavy atom. The fraction of sp³-hybridized carbons (Fsp3) is 0.333. The number of nitrogen functional groups attached to an aromatic ring is 1. The molecule has 208 valence electrons. The third kappa shape index (κ3) is 6.10. The molecule has 2 aromatic heterocycles. The molecule has 0 spiro atoms. The number of aromatic nitrogens is 5. The van der Waals surface area contributed by atoms with E-state index in [1.807, 2.05) is 36.4 Å². The van der Waals surface area contributed by atoms with Crippen LogP contribution in [0.1, 0.15) is 53.5 Å². The fourth-order valence-electron chi connectivity index (χ4n) is 4.55. The predicted octanol–water partition coefficient (Wildman–Crippen LogP) is 2.96. The summed E-state index contributed by atoms with van der Waals surface area (Å²) in [5, 5.41) is 19.8. The number of nitrogens with one attached hydrogen (secondary N) is 1. The smallest absolute Gasteiger partial charge is 0.293 e. The minimum Gasteiger partial charge on any atom is -0.493 e. The van der Waals surface area contributed by atoms with Gasteiger partial charge < -0.3 is 15.2 Å². The highest BCUT2D eigenvalue weighted by Gasteiger charge is 2.28. The third-order valence-electron chi connectivity index (χ3n) is 6.77. The largest absolute Gasteiger partial charge is 0.493 e. The number of hydrogen-bond donors (Lipinski definition) is 2. The monoisotopic (exact) mass is 545 g/mol. The minimum absolute atomic E-state index is 0.0490. The molecule has 1 atom stereocenters. The van der Waals surface area contributed by atoms with E-state index in [0.29, 0.717) is 41.9 Å². The van der Waals surface area contributed by atoms with E-state index in [4.69, 9.17) is 19.8 Å². The molecule has 2 aromatic carbocycles. The van der Waals surface area contributed by atoms with Gasteiger partial charge in [0, 0.05) is 12.6 Å². The molecular formula is C27H31N9O4. The number of amides is 1. The molecule has 1 amide bonds. The van der Waals surface area contributed by atoms with E-state index in [1.54, 1.807) is 19.2 Å². The standard InChI is InChI=1S/C27H31N9O4/c1-18-8-6-7-13-35(18)16-21-24(30-34-36(21)26-25(28)32-40-33-26)27(37)31-29-15-20-11-12-22(23(14-20)38-2)39-17-19-9-4-3-5-10-19/h3-5,9-12,14-15,18H,6-8,13,16-17H2,1-2H3,(H2,28,32)(H,31,37)/b29-15-. The molecule has 1 saturated heterocycles. The van der Waals surface area contributed by atoms with Gasteiger partial charge in [-0.2, -0.15) is 9.78 Å². The molecule has 0 aliphatic carbocycles. The highest BCUT2D eigenvalue weighted by molar-refractivity contribution is 5.94. The molecular weight excluding hydrogens is 514 g/mol. The Morgan fingerprint density at radius 1 is 1.20 bits per heavy atom. The second kappa shape index (κ2) is 12.4. The molecule has 4 aromatic rings. The molecule has 13 nitrogen and oxygen atoms in total. The van der Waals surface area contributed by atoms with Gasteiger partial charge >= 0.3 is 0 Å². The zero-order valence-corrected chi connectivity index (χ0v) is 22.4. The van der Waals surface area contributed by atoms with E-state index in [9.17, 15) is 4.79 Å². The summed E-state index contributed by atoms with van der Waals surface area (Å²) in [6.07, 6.45) is 4.82. The molecule has 3 heterocycles. The molecule has 1 unspecified atom stereocenters. The Morgan fingerprint density at radius 3 is 2.80 bits per heavy atom. The summed E-state index contributed by atoms with van der Waals surface area (Å²) in [6, 6.07) is 15.6. The SMILES string of the molecule is COc1cc(/C=N\NC(=O)c2nnn(-c3nonc3N)c2CN2CCCCC2C)ccc1OCc1ccccc1. The van der Waals surface area contributed by atoms with Crippen molar-refractivity contribution in [1.29, 1.82) is 0 Å². The van der Waals surface area contributed by atoms with Gasteiger partial charge in [-0.15, -0.1) is 5.10 Å². The highest BCUT2D eigenvalue weighted by Crippen LogP contribution is 2.28. The maximum atomic E-state index is 13.1. The van der Waals surface area contributed by atoms with E-state index >= 15 is 0 Å². The number of nitrogens with two attached hydrogens (primary N) is 1. The van der Waals surface area contributed by atoms with Crippen LogP contribution in [0.3, 0.4) is 0 Å². The van der Waals surface area contributed by atoms with Crippen molar-refractivity contribution < 1.29 is 18.9 Å². The molecule has 0 saturated carbocycles. The molecule has 1 aliphatic heterocycles. The van der Waals surface area contributed by atoms with Gasteiger partial charge in [-0.05, 0) is 65.9 Å². The Kier molecular flexibility index (Phi) is 8.30. The van der Waals surface area contributed by atoms with Crippen molar-refractivity contribution in [3.05, 3.63) is 71.0 Å². The number of benzene rings is 2. The van der Waals surface area contributed by atoms with Gasteiger partial charge in [0.2, 0.25) is 11.6 Å². The summed E-state index contributed by atoms with van der Waals surface area (Å²) in [5.41, 5.74) is 10.8. The molecule has 40 heavy (non-hydrogen) atoms. The van der Waals surface area contributed by atoms with Gasteiger partial charge in [-0.3, -0.25) is 9.69 Å². The lowest BCUT2D eigenvalue weighted by Gasteiger charge is -2.33. The van der Waals surface area contributed by atoms with Crippen LogP contribution in [0.15, 0.2) is 58.3 Å². The van der Waals surface area contributed by atoms with Crippen molar-refractivity contribution in [2.75, 3.05) is 19.4 Å². The minimum atomic E-state index is -0.521. The Balaban J connectivity index is 1.30. The van der Waals surface area contributed by atoms with Gasteiger partial charge in [-0.1, -0.05) is 42.0 Å². The number of likely N-dealkylation sites (tertiary alicyclic amines) is 1. The van der Waals surface area contributed by atoms with Crippen LogP contribution >= 0.6 is 0 Å². The van der Waals surface area contributed by atoms with Crippen LogP contribution in [0.5, 0.6) is 11.5 Å². The van der Waals surface area contributed by atoms with E-state index in [1.165, 1.54) is 17.3 Å². The van der Waals surface area contributed by atoms with Gasteiger partial charge in [0.05, 0.1) is 19.0 Å². The molecule has 3 N–H and O–H groups in total. The molecule has 1 aliphatic rings. The first-order valence-corrected chi connectivity index (χ1v) is 13.0. The first kappa shape index (κ1) is 26.8. The first-order chi connectivity index (χ1) is 19.5. The van der Waals surface area contributed by atoms with Crippen molar-refractivity contribution in [3.63, 3.8) is 0 Å². The van der Waals surface area contributed by atoms with Gasteiger partial charge in [0.1, 0.15) is 6.61 Å². The summed E-state index contributed by atoms with van der Waals surface area (Å²) < 4.78 is 17.5. The Labute approximate surface area is 230 Å². The van der Waals surface area contributed by atoms with Crippen LogP contribution in [0.2, 0.25) is 0 Å². The van der Waals surface area contributed by atoms with Gasteiger partial charge in [-0.25, -0.2) is 10.1 Å². The van der Waals surface area contributed by atoms with Crippen LogP contribution in [0.4, 0.5) is 5.82 Å². The van der Waals surface area contributed by atoms with Crippen molar-refractivity contribution in [3.8, 4) is 17.3 Å².